The predicted molar refractivity (Wildman–Crippen MR) is 95.5 cm³/mol. The third-order valence-electron chi connectivity index (χ3n) is 5.61. The Bertz CT molecular complexity index is 639. The maximum atomic E-state index is 12.4. The molecule has 7 nitrogen and oxygen atoms in total. The third-order valence-corrected chi connectivity index (χ3v) is 6.61. The Balaban J connectivity index is 1.25. The number of nitrogens with zero attached hydrogens (tertiary/aromatic N) is 4. The second-order valence-electron chi connectivity index (χ2n) is 7.36. The van der Waals surface area contributed by atoms with Gasteiger partial charge in [-0.05, 0) is 25.7 Å². The monoisotopic (exact) mass is 363 g/mol. The second kappa shape index (κ2) is 7.37. The van der Waals surface area contributed by atoms with E-state index in [2.05, 4.69) is 15.5 Å². The maximum Gasteiger partial charge on any atom is 0.240 e. The Morgan fingerprint density at radius 3 is 2.60 bits per heavy atom. The number of hydrogen-bond acceptors (Lipinski definition) is 6. The molecule has 8 heteroatoms. The van der Waals surface area contributed by atoms with E-state index in [9.17, 15) is 9.59 Å². The first-order valence-electron chi connectivity index (χ1n) is 9.34. The number of amides is 2. The topological polar surface area (TPSA) is 78.4 Å². The van der Waals surface area contributed by atoms with Crippen LogP contribution in [0.3, 0.4) is 0 Å². The summed E-state index contributed by atoms with van der Waals surface area (Å²) in [5.41, 5.74) is 0. The zero-order valence-electron chi connectivity index (χ0n) is 14.4. The molecule has 25 heavy (non-hydrogen) atoms. The van der Waals surface area contributed by atoms with Crippen molar-refractivity contribution in [2.75, 3.05) is 31.5 Å². The molecule has 136 valence electrons. The standard InChI is InChI=1S/C17H25N5O2S/c23-14(18-17-20-19-16(25-17)12-4-3-5-12)10-21-8-9-22(15(24)11-21)13-6-1-2-7-13/h12-13H,1-11H2,(H,18,20,23). The molecule has 3 aliphatic rings. The van der Waals surface area contributed by atoms with Gasteiger partial charge < -0.3 is 4.90 Å². The SMILES string of the molecule is O=C(CN1CCN(C2CCCC2)C(=O)C1)Nc1nnc(C2CCC2)s1. The molecule has 1 aliphatic heterocycles. The number of nitrogens with one attached hydrogen (secondary N) is 1. The van der Waals surface area contributed by atoms with Crippen molar-refractivity contribution in [3.63, 3.8) is 0 Å². The normalized spacial score (nSPS) is 23.0. The molecule has 0 spiro atoms. The van der Waals surface area contributed by atoms with Gasteiger partial charge in [0, 0.05) is 25.0 Å². The number of rotatable bonds is 5. The summed E-state index contributed by atoms with van der Waals surface area (Å²) >= 11 is 1.48. The summed E-state index contributed by atoms with van der Waals surface area (Å²) in [6.45, 7) is 2.08. The number of carbonyl (C=O) groups is 2. The quantitative estimate of drug-likeness (QED) is 0.863. The van der Waals surface area contributed by atoms with Crippen molar-refractivity contribution in [1.82, 2.24) is 20.0 Å². The van der Waals surface area contributed by atoms with Gasteiger partial charge in [0.05, 0.1) is 13.1 Å². The molecule has 0 radical (unpaired) electrons. The zero-order valence-corrected chi connectivity index (χ0v) is 15.3. The first-order valence-corrected chi connectivity index (χ1v) is 10.2. The van der Waals surface area contributed by atoms with Crippen molar-refractivity contribution in [3.8, 4) is 0 Å². The van der Waals surface area contributed by atoms with Crippen LogP contribution in [0.5, 0.6) is 0 Å². The molecule has 1 saturated heterocycles. The third kappa shape index (κ3) is 3.84. The molecule has 1 N–H and O–H groups in total. The van der Waals surface area contributed by atoms with Crippen LogP contribution < -0.4 is 5.32 Å². The van der Waals surface area contributed by atoms with Crippen molar-refractivity contribution in [1.29, 1.82) is 0 Å². The number of carbonyl (C=O) groups excluding carboxylic acids is 2. The number of anilines is 1. The molecule has 3 fully saturated rings. The summed E-state index contributed by atoms with van der Waals surface area (Å²) in [7, 11) is 0. The fraction of sp³-hybridized carbons (Fsp3) is 0.765. The molecule has 2 heterocycles. The summed E-state index contributed by atoms with van der Waals surface area (Å²) < 4.78 is 0. The summed E-state index contributed by atoms with van der Waals surface area (Å²) in [4.78, 5) is 28.6. The maximum absolute atomic E-state index is 12.4. The van der Waals surface area contributed by atoms with E-state index in [4.69, 9.17) is 0 Å². The number of hydrogen-bond donors (Lipinski definition) is 1. The van der Waals surface area contributed by atoms with Gasteiger partial charge in [0.1, 0.15) is 5.01 Å². The average Bonchev–Trinajstić information content (AvgIpc) is 3.18. The Labute approximate surface area is 151 Å². The molecule has 2 aliphatic carbocycles. The van der Waals surface area contributed by atoms with Crippen LogP contribution >= 0.6 is 11.3 Å². The van der Waals surface area contributed by atoms with Gasteiger partial charge in [-0.1, -0.05) is 30.6 Å². The van der Waals surface area contributed by atoms with E-state index in [0.29, 0.717) is 23.6 Å². The highest BCUT2D eigenvalue weighted by Crippen LogP contribution is 2.38. The lowest BCUT2D eigenvalue weighted by Gasteiger charge is -2.37. The Hall–Kier alpha value is -1.54. The largest absolute Gasteiger partial charge is 0.337 e. The van der Waals surface area contributed by atoms with Gasteiger partial charge in [0.25, 0.3) is 0 Å². The van der Waals surface area contributed by atoms with Crippen LogP contribution in [0.1, 0.15) is 55.9 Å². The van der Waals surface area contributed by atoms with Crippen LogP contribution in [0, 0.1) is 0 Å². The van der Waals surface area contributed by atoms with Gasteiger partial charge in [-0.3, -0.25) is 19.8 Å². The molecule has 2 amide bonds. The lowest BCUT2D eigenvalue weighted by atomic mass is 9.86. The highest BCUT2D eigenvalue weighted by molar-refractivity contribution is 7.15. The van der Waals surface area contributed by atoms with E-state index in [1.807, 2.05) is 9.80 Å². The first-order chi connectivity index (χ1) is 12.2. The summed E-state index contributed by atoms with van der Waals surface area (Å²) in [5.74, 6) is 0.581. The van der Waals surface area contributed by atoms with Gasteiger partial charge in [-0.2, -0.15) is 0 Å². The van der Waals surface area contributed by atoms with Crippen molar-refractivity contribution >= 4 is 28.3 Å². The zero-order chi connectivity index (χ0) is 17.2. The summed E-state index contributed by atoms with van der Waals surface area (Å²) in [6, 6.07) is 0.426. The van der Waals surface area contributed by atoms with Crippen molar-refractivity contribution in [3.05, 3.63) is 5.01 Å². The predicted octanol–water partition coefficient (Wildman–Crippen LogP) is 1.83. The van der Waals surface area contributed by atoms with E-state index < -0.39 is 0 Å². The molecule has 0 bridgehead atoms. The molecule has 2 saturated carbocycles. The van der Waals surface area contributed by atoms with Crippen LogP contribution in [0.2, 0.25) is 0 Å². The van der Waals surface area contributed by atoms with Crippen molar-refractivity contribution < 1.29 is 9.59 Å². The first kappa shape index (κ1) is 16.9. The molecule has 1 aromatic rings. The van der Waals surface area contributed by atoms with Crippen LogP contribution in [0.4, 0.5) is 5.13 Å². The van der Waals surface area contributed by atoms with Crippen LogP contribution in [-0.2, 0) is 9.59 Å². The van der Waals surface area contributed by atoms with Crippen LogP contribution in [0.15, 0.2) is 0 Å². The second-order valence-corrected chi connectivity index (χ2v) is 8.37. The number of piperazine rings is 1. The molecule has 0 unspecified atom stereocenters. The van der Waals surface area contributed by atoms with Crippen LogP contribution in [0.25, 0.3) is 0 Å². The van der Waals surface area contributed by atoms with Gasteiger partial charge >= 0.3 is 0 Å². The van der Waals surface area contributed by atoms with Crippen LogP contribution in [-0.4, -0.2) is 64.0 Å². The van der Waals surface area contributed by atoms with E-state index >= 15 is 0 Å². The van der Waals surface area contributed by atoms with Gasteiger partial charge in [0.15, 0.2) is 0 Å². The molecule has 0 atom stereocenters. The Kier molecular flexibility index (Phi) is 4.98. The van der Waals surface area contributed by atoms with Crippen molar-refractivity contribution in [2.24, 2.45) is 0 Å². The fourth-order valence-electron chi connectivity index (χ4n) is 3.94. The van der Waals surface area contributed by atoms with Crippen molar-refractivity contribution in [2.45, 2.75) is 56.9 Å². The molecule has 0 aromatic carbocycles. The summed E-state index contributed by atoms with van der Waals surface area (Å²) in [5, 5.41) is 12.7. The average molecular weight is 363 g/mol. The highest BCUT2D eigenvalue weighted by atomic mass is 32.1. The minimum absolute atomic E-state index is 0.113. The van der Waals surface area contributed by atoms with E-state index in [0.717, 1.165) is 30.9 Å². The van der Waals surface area contributed by atoms with Gasteiger partial charge in [-0.25, -0.2) is 0 Å². The highest BCUT2D eigenvalue weighted by Gasteiger charge is 2.32. The molecular formula is C17H25N5O2S. The van der Waals surface area contributed by atoms with E-state index in [1.165, 1.54) is 43.4 Å². The summed E-state index contributed by atoms with van der Waals surface area (Å²) in [6.07, 6.45) is 8.33. The lowest BCUT2D eigenvalue weighted by Crippen LogP contribution is -2.54. The van der Waals surface area contributed by atoms with Gasteiger partial charge in [0.2, 0.25) is 16.9 Å². The number of aromatic nitrogens is 2. The fourth-order valence-corrected chi connectivity index (χ4v) is 4.87. The van der Waals surface area contributed by atoms with E-state index in [-0.39, 0.29) is 18.4 Å². The lowest BCUT2D eigenvalue weighted by molar-refractivity contribution is -0.139. The van der Waals surface area contributed by atoms with E-state index in [1.54, 1.807) is 0 Å². The minimum atomic E-state index is -0.113. The molecule has 4 rings (SSSR count). The van der Waals surface area contributed by atoms with Gasteiger partial charge in [-0.15, -0.1) is 10.2 Å². The Morgan fingerprint density at radius 2 is 1.92 bits per heavy atom. The molecule has 1 aromatic heterocycles. The molecular weight excluding hydrogens is 338 g/mol. The Morgan fingerprint density at radius 1 is 1.12 bits per heavy atom. The minimum Gasteiger partial charge on any atom is -0.337 e. The smallest absolute Gasteiger partial charge is 0.240 e.